The van der Waals surface area contributed by atoms with Crippen molar-refractivity contribution in [2.24, 2.45) is 0 Å². The molecule has 0 aliphatic carbocycles. The third kappa shape index (κ3) is 3.51. The smallest absolute Gasteiger partial charge is 0.356 e. The number of nitrogens with zero attached hydrogens (tertiary/aromatic N) is 6. The molecule has 0 amide bonds. The zero-order chi connectivity index (χ0) is 22.5. The van der Waals surface area contributed by atoms with E-state index < -0.39 is 11.9 Å². The first kappa shape index (κ1) is 20.2. The van der Waals surface area contributed by atoms with Crippen LogP contribution in [0.1, 0.15) is 36.8 Å². The Hall–Kier alpha value is -3.69. The molecule has 0 bridgehead atoms. The molecule has 32 heavy (non-hydrogen) atoms. The summed E-state index contributed by atoms with van der Waals surface area (Å²) < 4.78 is 39.7. The minimum atomic E-state index is -4.53. The van der Waals surface area contributed by atoms with Gasteiger partial charge in [0, 0.05) is 29.3 Å². The van der Waals surface area contributed by atoms with E-state index in [-0.39, 0.29) is 12.0 Å². The Bertz CT molecular complexity index is 1300. The maximum atomic E-state index is 13.2. The average molecular weight is 439 g/mol. The highest BCUT2D eigenvalue weighted by molar-refractivity contribution is 5.87. The number of rotatable bonds is 3. The van der Waals surface area contributed by atoms with Crippen LogP contribution < -0.4 is 4.90 Å². The van der Waals surface area contributed by atoms with Crippen LogP contribution in [0.5, 0.6) is 0 Å². The molecular weight excluding hydrogens is 419 g/mol. The predicted octanol–water partition coefficient (Wildman–Crippen LogP) is 4.63. The minimum Gasteiger partial charge on any atom is -0.356 e. The van der Waals surface area contributed by atoms with Crippen molar-refractivity contribution in [3.05, 3.63) is 71.5 Å². The molecule has 164 valence electrons. The molecule has 1 aliphatic rings. The second-order valence-corrected chi connectivity index (χ2v) is 7.94. The summed E-state index contributed by atoms with van der Waals surface area (Å²) in [5, 5.41) is 9.43. The third-order valence-electron chi connectivity index (χ3n) is 5.49. The zero-order valence-electron chi connectivity index (χ0n) is 17.4. The van der Waals surface area contributed by atoms with E-state index >= 15 is 0 Å². The van der Waals surface area contributed by atoms with E-state index in [4.69, 9.17) is 0 Å². The Morgan fingerprint density at radius 3 is 2.62 bits per heavy atom. The summed E-state index contributed by atoms with van der Waals surface area (Å²) in [6.45, 7) is 4.41. The van der Waals surface area contributed by atoms with E-state index in [1.165, 1.54) is 0 Å². The van der Waals surface area contributed by atoms with Crippen LogP contribution in [-0.4, -0.2) is 36.5 Å². The van der Waals surface area contributed by atoms with Gasteiger partial charge in [0.05, 0.1) is 24.1 Å². The lowest BCUT2D eigenvalue weighted by Crippen LogP contribution is -2.36. The standard InChI is InChI=1S/C22H20F3N7/c1-13(2)11-18-20-15(6-10-31(18)21-26-7-5-19(30-21)22(23,24)25)16-12-14(3-4-17(16)29-20)32-27-8-9-28-32/h3-5,7-9,11-12,18,29H,6,10H2,1-2H3/t18-/m0/s1. The molecule has 4 aromatic rings. The number of hydrogen-bond donors (Lipinski definition) is 1. The average Bonchev–Trinajstić information content (AvgIpc) is 3.41. The van der Waals surface area contributed by atoms with E-state index in [9.17, 15) is 13.2 Å². The first-order valence-corrected chi connectivity index (χ1v) is 10.1. The highest BCUT2D eigenvalue weighted by atomic mass is 19.4. The largest absolute Gasteiger partial charge is 0.433 e. The monoisotopic (exact) mass is 439 g/mol. The summed E-state index contributed by atoms with van der Waals surface area (Å²) in [5.41, 5.74) is 3.94. The molecule has 0 saturated heterocycles. The molecule has 10 heteroatoms. The van der Waals surface area contributed by atoms with Gasteiger partial charge in [0.25, 0.3) is 0 Å². The van der Waals surface area contributed by atoms with Crippen molar-refractivity contribution in [3.63, 3.8) is 0 Å². The Morgan fingerprint density at radius 1 is 1.12 bits per heavy atom. The van der Waals surface area contributed by atoms with Crippen molar-refractivity contribution in [1.29, 1.82) is 0 Å². The summed E-state index contributed by atoms with van der Waals surface area (Å²) in [7, 11) is 0. The Labute approximate surface area is 181 Å². The molecule has 0 unspecified atom stereocenters. The fraction of sp³-hybridized carbons (Fsp3) is 0.273. The summed E-state index contributed by atoms with van der Waals surface area (Å²) in [6, 6.07) is 6.50. The van der Waals surface area contributed by atoms with Crippen molar-refractivity contribution in [2.45, 2.75) is 32.5 Å². The number of fused-ring (bicyclic) bond motifs is 3. The highest BCUT2D eigenvalue weighted by Crippen LogP contribution is 2.38. The number of anilines is 1. The van der Waals surface area contributed by atoms with Crippen molar-refractivity contribution < 1.29 is 13.2 Å². The van der Waals surface area contributed by atoms with Gasteiger partial charge < -0.3 is 9.88 Å². The molecule has 7 nitrogen and oxygen atoms in total. The molecule has 0 radical (unpaired) electrons. The van der Waals surface area contributed by atoms with Crippen LogP contribution in [0.15, 0.2) is 54.5 Å². The van der Waals surface area contributed by atoms with E-state index in [1.807, 2.05) is 43.0 Å². The van der Waals surface area contributed by atoms with Gasteiger partial charge in [-0.1, -0.05) is 11.6 Å². The molecule has 1 N–H and O–H groups in total. The van der Waals surface area contributed by atoms with E-state index in [2.05, 4.69) is 25.1 Å². The van der Waals surface area contributed by atoms with Crippen LogP contribution >= 0.6 is 0 Å². The maximum absolute atomic E-state index is 13.2. The molecule has 4 heterocycles. The zero-order valence-corrected chi connectivity index (χ0v) is 17.4. The predicted molar refractivity (Wildman–Crippen MR) is 113 cm³/mol. The summed E-state index contributed by atoms with van der Waals surface area (Å²) >= 11 is 0. The van der Waals surface area contributed by atoms with Gasteiger partial charge in [0.15, 0.2) is 0 Å². The molecule has 0 saturated carbocycles. The summed E-state index contributed by atoms with van der Waals surface area (Å²) in [6.07, 6.45) is 2.53. The van der Waals surface area contributed by atoms with Crippen LogP contribution in [0.25, 0.3) is 16.6 Å². The number of halogens is 3. The lowest BCUT2D eigenvalue weighted by atomic mass is 9.96. The number of aromatic nitrogens is 6. The SMILES string of the molecule is CC(C)=C[C@H]1c2[nH]c3ccc(-n4nccn4)cc3c2CCN1c1nccc(C(F)(F)F)n1. The number of H-pyrrole nitrogens is 1. The van der Waals surface area contributed by atoms with Crippen LogP contribution in [-0.2, 0) is 12.6 Å². The molecule has 1 aliphatic heterocycles. The van der Waals surface area contributed by atoms with Crippen molar-refractivity contribution in [2.75, 3.05) is 11.4 Å². The van der Waals surface area contributed by atoms with E-state index in [0.29, 0.717) is 13.0 Å². The van der Waals surface area contributed by atoms with Gasteiger partial charge >= 0.3 is 6.18 Å². The number of hydrogen-bond acceptors (Lipinski definition) is 5. The maximum Gasteiger partial charge on any atom is 0.433 e. The molecule has 1 aromatic carbocycles. The van der Waals surface area contributed by atoms with Gasteiger partial charge in [-0.3, -0.25) is 0 Å². The molecule has 1 atom stereocenters. The van der Waals surface area contributed by atoms with Crippen LogP contribution in [0.4, 0.5) is 19.1 Å². The van der Waals surface area contributed by atoms with Gasteiger partial charge in [0.1, 0.15) is 5.69 Å². The Morgan fingerprint density at radius 2 is 1.91 bits per heavy atom. The van der Waals surface area contributed by atoms with Crippen molar-refractivity contribution in [1.82, 2.24) is 29.9 Å². The second kappa shape index (κ2) is 7.47. The molecule has 0 fully saturated rings. The number of aromatic amines is 1. The second-order valence-electron chi connectivity index (χ2n) is 7.94. The van der Waals surface area contributed by atoms with E-state index in [0.717, 1.165) is 45.7 Å². The molecule has 3 aromatic heterocycles. The normalized spacial score (nSPS) is 16.3. The fourth-order valence-electron chi connectivity index (χ4n) is 4.14. The Kier molecular flexibility index (Phi) is 4.72. The number of allylic oxidation sites excluding steroid dienone is 1. The first-order valence-electron chi connectivity index (χ1n) is 10.1. The third-order valence-corrected chi connectivity index (χ3v) is 5.49. The van der Waals surface area contributed by atoms with Gasteiger partial charge in [-0.05, 0) is 50.1 Å². The summed E-state index contributed by atoms with van der Waals surface area (Å²) in [4.78, 5) is 14.8. The molecule has 0 spiro atoms. The number of benzene rings is 1. The first-order chi connectivity index (χ1) is 15.3. The van der Waals surface area contributed by atoms with Gasteiger partial charge in [0.2, 0.25) is 5.95 Å². The molecular formula is C22H20F3N7. The number of nitrogens with one attached hydrogen (secondary N) is 1. The van der Waals surface area contributed by atoms with Gasteiger partial charge in [-0.25, -0.2) is 9.97 Å². The summed E-state index contributed by atoms with van der Waals surface area (Å²) in [5.74, 6) is 0.0630. The Balaban J connectivity index is 1.62. The van der Waals surface area contributed by atoms with E-state index in [1.54, 1.807) is 17.2 Å². The minimum absolute atomic E-state index is 0.0630. The van der Waals surface area contributed by atoms with Gasteiger partial charge in [-0.2, -0.15) is 28.2 Å². The lowest BCUT2D eigenvalue weighted by molar-refractivity contribution is -0.141. The van der Waals surface area contributed by atoms with Gasteiger partial charge in [-0.15, -0.1) is 0 Å². The van der Waals surface area contributed by atoms with Crippen LogP contribution in [0, 0.1) is 0 Å². The van der Waals surface area contributed by atoms with Crippen LogP contribution in [0.3, 0.4) is 0 Å². The number of alkyl halides is 3. The van der Waals surface area contributed by atoms with Crippen molar-refractivity contribution in [3.8, 4) is 5.69 Å². The topological polar surface area (TPSA) is 75.5 Å². The van der Waals surface area contributed by atoms with Crippen LogP contribution in [0.2, 0.25) is 0 Å². The fourth-order valence-corrected chi connectivity index (χ4v) is 4.14. The lowest BCUT2D eigenvalue weighted by Gasteiger charge is -2.34. The molecule has 5 rings (SSSR count). The quantitative estimate of drug-likeness (QED) is 0.471. The van der Waals surface area contributed by atoms with Crippen molar-refractivity contribution >= 4 is 16.9 Å². The highest BCUT2D eigenvalue weighted by Gasteiger charge is 2.35.